The first-order valence-electron chi connectivity index (χ1n) is 11.4. The molecule has 37 heavy (non-hydrogen) atoms. The summed E-state index contributed by atoms with van der Waals surface area (Å²) < 4.78 is 45.2. The van der Waals surface area contributed by atoms with Crippen LogP contribution in [0.5, 0.6) is 46.0 Å². The molecular weight excluding hydrogens is 480 g/mol. The topological polar surface area (TPSA) is 90.9 Å². The maximum atomic E-state index is 14.3. The monoisotopic (exact) mass is 510 g/mol. The smallest absolute Gasteiger partial charge is 0.190 e. The molecule has 2 atom stereocenters. The average molecular weight is 511 g/mol. The zero-order valence-electron chi connectivity index (χ0n) is 21.9. The van der Waals surface area contributed by atoms with Gasteiger partial charge in [-0.25, -0.2) is 0 Å². The lowest BCUT2D eigenvalue weighted by Gasteiger charge is -2.34. The largest absolute Gasteiger partial charge is 0.496 e. The van der Waals surface area contributed by atoms with Gasteiger partial charge in [0.25, 0.3) is 0 Å². The van der Waals surface area contributed by atoms with Gasteiger partial charge in [-0.1, -0.05) is 6.07 Å². The van der Waals surface area contributed by atoms with Gasteiger partial charge in [0.2, 0.25) is 0 Å². The molecule has 196 valence electrons. The normalized spacial score (nSPS) is 16.2. The molecule has 0 radical (unpaired) electrons. The highest BCUT2D eigenvalue weighted by Gasteiger charge is 2.44. The molecule has 0 spiro atoms. The van der Waals surface area contributed by atoms with E-state index < -0.39 is 12.0 Å². The first-order valence-corrected chi connectivity index (χ1v) is 11.4. The summed E-state index contributed by atoms with van der Waals surface area (Å²) in [6, 6.07) is 12.1. The molecule has 3 aromatic rings. The van der Waals surface area contributed by atoms with E-state index in [1.165, 1.54) is 28.4 Å². The second-order valence-electron chi connectivity index (χ2n) is 8.13. The van der Waals surface area contributed by atoms with E-state index in [1.54, 1.807) is 63.8 Å². The zero-order chi connectivity index (χ0) is 26.7. The minimum atomic E-state index is -0.981. The van der Waals surface area contributed by atoms with E-state index in [0.717, 1.165) is 0 Å². The third-order valence-corrected chi connectivity index (χ3v) is 6.36. The molecule has 1 aliphatic rings. The second-order valence-corrected chi connectivity index (χ2v) is 8.13. The maximum absolute atomic E-state index is 14.3. The van der Waals surface area contributed by atoms with Crippen molar-refractivity contribution in [2.24, 2.45) is 0 Å². The Bertz CT molecular complexity index is 1280. The van der Waals surface area contributed by atoms with Crippen LogP contribution < -0.4 is 37.9 Å². The quantitative estimate of drug-likeness (QED) is 0.410. The summed E-state index contributed by atoms with van der Waals surface area (Å²) in [5.41, 5.74) is 1.65. The number of ketones is 1. The molecule has 0 aromatic heterocycles. The molecule has 0 saturated heterocycles. The number of carbonyl (C=O) groups is 1. The fraction of sp³-hybridized carbons (Fsp3) is 0.321. The molecule has 0 unspecified atom stereocenters. The number of Topliss-reactive ketones (excluding diaryl/α,β-unsaturated/α-hetero) is 1. The van der Waals surface area contributed by atoms with Crippen molar-refractivity contribution in [3.8, 4) is 46.0 Å². The van der Waals surface area contributed by atoms with E-state index >= 15 is 0 Å². The van der Waals surface area contributed by atoms with Crippen molar-refractivity contribution in [3.63, 3.8) is 0 Å². The fourth-order valence-electron chi connectivity index (χ4n) is 4.58. The van der Waals surface area contributed by atoms with Crippen molar-refractivity contribution in [2.75, 3.05) is 49.8 Å². The van der Waals surface area contributed by atoms with Gasteiger partial charge in [-0.15, -0.1) is 0 Å². The Labute approximate surface area is 215 Å². The van der Waals surface area contributed by atoms with Crippen LogP contribution in [0.1, 0.15) is 28.7 Å². The molecule has 9 heteroatoms. The SMILES string of the molecule is COc1cc(OC)c([C@@H]2C(=O)[C@@H](c3ccc(OC)c(OC)c3)Oc3cc(OC)cc(OC)c32)c(OC)c1. The Morgan fingerprint density at radius 3 is 1.59 bits per heavy atom. The second kappa shape index (κ2) is 10.8. The van der Waals surface area contributed by atoms with Gasteiger partial charge in [0.05, 0.1) is 66.8 Å². The number of methoxy groups -OCH3 is 7. The third kappa shape index (κ3) is 4.52. The molecule has 1 heterocycles. The fourth-order valence-corrected chi connectivity index (χ4v) is 4.58. The number of hydrogen-bond donors (Lipinski definition) is 0. The molecule has 3 aromatic carbocycles. The van der Waals surface area contributed by atoms with E-state index in [4.69, 9.17) is 37.9 Å². The summed E-state index contributed by atoms with van der Waals surface area (Å²) in [4.78, 5) is 14.3. The number of ether oxygens (including phenoxy) is 8. The molecule has 1 aliphatic heterocycles. The highest BCUT2D eigenvalue weighted by atomic mass is 16.5. The Kier molecular flexibility index (Phi) is 7.52. The lowest BCUT2D eigenvalue weighted by Crippen LogP contribution is -2.31. The number of rotatable bonds is 9. The van der Waals surface area contributed by atoms with Crippen LogP contribution in [0.25, 0.3) is 0 Å². The van der Waals surface area contributed by atoms with Crippen LogP contribution in [0.15, 0.2) is 42.5 Å². The standard InChI is InChI=1S/C28H30O9/c1-30-16-11-20(34-5)24(21(12-16)35-6)26-25-22(36-7)13-17(31-2)14-23(25)37-28(27(26)29)15-8-9-18(32-3)19(10-15)33-4/h8-14,26,28H,1-7H3/t26-,28+/m0/s1. The van der Waals surface area contributed by atoms with Gasteiger partial charge in [0.15, 0.2) is 23.4 Å². The summed E-state index contributed by atoms with van der Waals surface area (Å²) in [5, 5.41) is 0. The van der Waals surface area contributed by atoms with Gasteiger partial charge in [-0.05, 0) is 12.1 Å². The predicted octanol–water partition coefficient (Wildman–Crippen LogP) is 4.58. The van der Waals surface area contributed by atoms with Crippen LogP contribution in [-0.4, -0.2) is 55.6 Å². The minimum Gasteiger partial charge on any atom is -0.496 e. The summed E-state index contributed by atoms with van der Waals surface area (Å²) in [5.74, 6) is 2.65. The number of fused-ring (bicyclic) bond motifs is 1. The molecule has 0 bridgehead atoms. The van der Waals surface area contributed by atoms with Crippen molar-refractivity contribution in [1.29, 1.82) is 0 Å². The molecule has 0 N–H and O–H groups in total. The van der Waals surface area contributed by atoms with E-state index in [9.17, 15) is 4.79 Å². The van der Waals surface area contributed by atoms with E-state index in [2.05, 4.69) is 0 Å². The molecule has 0 aliphatic carbocycles. The van der Waals surface area contributed by atoms with E-state index in [1.807, 2.05) is 0 Å². The van der Waals surface area contributed by atoms with Gasteiger partial charge in [0, 0.05) is 29.8 Å². The molecular formula is C28H30O9. The lowest BCUT2D eigenvalue weighted by molar-refractivity contribution is -0.128. The van der Waals surface area contributed by atoms with Crippen LogP contribution >= 0.6 is 0 Å². The Balaban J connectivity index is 2.00. The van der Waals surface area contributed by atoms with Gasteiger partial charge >= 0.3 is 0 Å². The summed E-state index contributed by atoms with van der Waals surface area (Å²) in [6.07, 6.45) is -0.981. The maximum Gasteiger partial charge on any atom is 0.190 e. The van der Waals surface area contributed by atoms with Gasteiger partial charge in [0.1, 0.15) is 34.5 Å². The third-order valence-electron chi connectivity index (χ3n) is 6.36. The van der Waals surface area contributed by atoms with Crippen LogP contribution in [0.2, 0.25) is 0 Å². The van der Waals surface area contributed by atoms with Crippen LogP contribution in [0.4, 0.5) is 0 Å². The average Bonchev–Trinajstić information content (AvgIpc) is 2.95. The molecule has 9 nitrogen and oxygen atoms in total. The highest BCUT2D eigenvalue weighted by Crippen LogP contribution is 2.53. The lowest BCUT2D eigenvalue weighted by atomic mass is 9.80. The number of hydrogen-bond acceptors (Lipinski definition) is 9. The van der Waals surface area contributed by atoms with Crippen molar-refractivity contribution in [2.45, 2.75) is 12.0 Å². The van der Waals surface area contributed by atoms with Crippen molar-refractivity contribution in [1.82, 2.24) is 0 Å². The Hall–Kier alpha value is -4.27. The zero-order valence-corrected chi connectivity index (χ0v) is 21.9. The molecule has 0 saturated carbocycles. The summed E-state index contributed by atoms with van der Waals surface area (Å²) in [6.45, 7) is 0. The summed E-state index contributed by atoms with van der Waals surface area (Å²) >= 11 is 0. The van der Waals surface area contributed by atoms with Gasteiger partial charge < -0.3 is 37.9 Å². The first-order chi connectivity index (χ1) is 17.9. The summed E-state index contributed by atoms with van der Waals surface area (Å²) in [7, 11) is 10.8. The van der Waals surface area contributed by atoms with Crippen LogP contribution in [-0.2, 0) is 4.79 Å². The molecule has 4 rings (SSSR count). The number of carbonyl (C=O) groups excluding carboxylic acids is 1. The molecule has 0 amide bonds. The van der Waals surface area contributed by atoms with Crippen molar-refractivity contribution >= 4 is 5.78 Å². The Morgan fingerprint density at radius 2 is 1.08 bits per heavy atom. The van der Waals surface area contributed by atoms with Gasteiger partial charge in [-0.2, -0.15) is 0 Å². The first kappa shape index (κ1) is 25.8. The van der Waals surface area contributed by atoms with E-state index in [0.29, 0.717) is 62.7 Å². The highest BCUT2D eigenvalue weighted by molar-refractivity contribution is 5.98. The van der Waals surface area contributed by atoms with Crippen LogP contribution in [0.3, 0.4) is 0 Å². The van der Waals surface area contributed by atoms with Gasteiger partial charge in [-0.3, -0.25) is 4.79 Å². The van der Waals surface area contributed by atoms with Crippen molar-refractivity contribution in [3.05, 3.63) is 59.2 Å². The minimum absolute atomic E-state index is 0.245. The Morgan fingerprint density at radius 1 is 0.568 bits per heavy atom. The van der Waals surface area contributed by atoms with Crippen LogP contribution in [0, 0.1) is 0 Å². The predicted molar refractivity (Wildman–Crippen MR) is 135 cm³/mol. The molecule has 0 fully saturated rings. The van der Waals surface area contributed by atoms with E-state index in [-0.39, 0.29) is 5.78 Å². The number of benzene rings is 3. The van der Waals surface area contributed by atoms with Crippen molar-refractivity contribution < 1.29 is 42.7 Å².